The molecule has 0 amide bonds. The summed E-state index contributed by atoms with van der Waals surface area (Å²) in [7, 11) is -0.621. The van der Waals surface area contributed by atoms with Gasteiger partial charge in [-0.25, -0.2) is 9.37 Å². The molecule has 2 N–H and O–H groups in total. The van der Waals surface area contributed by atoms with Crippen molar-refractivity contribution in [1.29, 1.82) is 0 Å². The minimum Gasteiger partial charge on any atom is -0.377 e. The van der Waals surface area contributed by atoms with Gasteiger partial charge in [0.1, 0.15) is 5.82 Å². The van der Waals surface area contributed by atoms with E-state index in [2.05, 4.69) is 40.1 Å². The molecule has 31 heavy (non-hydrogen) atoms. The SMILES string of the molecule is C/C=S(/Nc1nccs1)c1cc(Cl)c(NC(CC)c2ccc3c(c2)CCCC3)cc1F. The van der Waals surface area contributed by atoms with Gasteiger partial charge in [-0.3, -0.25) is 0 Å². The molecule has 7 heteroatoms. The normalized spacial score (nSPS) is 15.4. The molecule has 1 aliphatic rings. The third-order valence-electron chi connectivity index (χ3n) is 5.64. The average Bonchev–Trinajstić information content (AvgIpc) is 3.31. The van der Waals surface area contributed by atoms with E-state index in [0.29, 0.717) is 15.6 Å². The van der Waals surface area contributed by atoms with Crippen LogP contribution in [0.2, 0.25) is 5.02 Å². The van der Waals surface area contributed by atoms with Crippen LogP contribution >= 0.6 is 33.6 Å². The lowest BCUT2D eigenvalue weighted by Gasteiger charge is -2.23. The number of halogens is 2. The summed E-state index contributed by atoms with van der Waals surface area (Å²) >= 11 is 8.10. The van der Waals surface area contributed by atoms with Crippen molar-refractivity contribution in [2.75, 3.05) is 10.0 Å². The Morgan fingerprint density at radius 2 is 2.03 bits per heavy atom. The topological polar surface area (TPSA) is 37.0 Å². The zero-order chi connectivity index (χ0) is 21.8. The molecule has 0 bridgehead atoms. The number of aryl methyl sites for hydroxylation is 2. The van der Waals surface area contributed by atoms with Gasteiger partial charge >= 0.3 is 0 Å². The Hall–Kier alpha value is -1.89. The maximum absolute atomic E-state index is 15.1. The van der Waals surface area contributed by atoms with Gasteiger partial charge in [0.05, 0.1) is 21.6 Å². The zero-order valence-electron chi connectivity index (χ0n) is 17.8. The van der Waals surface area contributed by atoms with Crippen LogP contribution < -0.4 is 10.0 Å². The van der Waals surface area contributed by atoms with Crippen LogP contribution in [-0.4, -0.2) is 10.4 Å². The molecule has 4 rings (SSSR count). The largest absolute Gasteiger partial charge is 0.377 e. The van der Waals surface area contributed by atoms with E-state index in [1.165, 1.54) is 53.4 Å². The summed E-state index contributed by atoms with van der Waals surface area (Å²) in [5.41, 5.74) is 4.78. The number of aromatic nitrogens is 1. The molecule has 164 valence electrons. The third kappa shape index (κ3) is 5.13. The Labute approximate surface area is 195 Å². The lowest BCUT2D eigenvalue weighted by molar-refractivity contribution is 0.601. The van der Waals surface area contributed by atoms with Crippen LogP contribution in [0, 0.1) is 5.82 Å². The van der Waals surface area contributed by atoms with Crippen LogP contribution in [0.1, 0.15) is 55.8 Å². The molecule has 0 saturated heterocycles. The molecule has 1 aromatic heterocycles. The molecule has 2 unspecified atom stereocenters. The van der Waals surface area contributed by atoms with Crippen molar-refractivity contribution in [3.63, 3.8) is 0 Å². The second-order valence-electron chi connectivity index (χ2n) is 7.62. The Morgan fingerprint density at radius 1 is 1.23 bits per heavy atom. The van der Waals surface area contributed by atoms with Crippen LogP contribution in [0.15, 0.2) is 46.8 Å². The molecule has 0 spiro atoms. The van der Waals surface area contributed by atoms with Crippen LogP contribution in [0.3, 0.4) is 0 Å². The maximum Gasteiger partial charge on any atom is 0.192 e. The molecular weight excluding hydrogens is 449 g/mol. The van der Waals surface area contributed by atoms with Crippen LogP contribution in [0.5, 0.6) is 0 Å². The van der Waals surface area contributed by atoms with Crippen molar-refractivity contribution >= 4 is 49.8 Å². The van der Waals surface area contributed by atoms with Gasteiger partial charge in [0.15, 0.2) is 5.13 Å². The minimum absolute atomic E-state index is 0.0828. The first-order valence-corrected chi connectivity index (χ1v) is 13.2. The first-order chi connectivity index (χ1) is 15.1. The van der Waals surface area contributed by atoms with Gasteiger partial charge in [-0.2, -0.15) is 0 Å². The summed E-state index contributed by atoms with van der Waals surface area (Å²) in [5, 5.41) is 8.59. The number of anilines is 2. The standard InChI is InChI=1S/C24H27ClFN3S2/c1-3-21(18-10-9-16-7-5-6-8-17(16)13-18)28-22-15-20(26)23(14-19(22)25)31(4-2)29-24-27-11-12-30-24/h4,9-15,21,28H,3,5-8H2,1-2H3,(H,27,29). The van der Waals surface area contributed by atoms with E-state index < -0.39 is 10.7 Å². The van der Waals surface area contributed by atoms with E-state index >= 15 is 4.39 Å². The fourth-order valence-electron chi connectivity index (χ4n) is 4.00. The highest BCUT2D eigenvalue weighted by molar-refractivity contribution is 8.16. The maximum atomic E-state index is 15.1. The second-order valence-corrected chi connectivity index (χ2v) is 10.7. The smallest absolute Gasteiger partial charge is 0.192 e. The number of benzene rings is 2. The molecular formula is C24H27ClFN3S2. The highest BCUT2D eigenvalue weighted by Gasteiger charge is 2.18. The van der Waals surface area contributed by atoms with Crippen molar-refractivity contribution in [1.82, 2.24) is 4.98 Å². The number of nitrogens with zero attached hydrogens (tertiary/aromatic N) is 1. The first-order valence-electron chi connectivity index (χ1n) is 10.6. The third-order valence-corrected chi connectivity index (χ3v) is 8.44. The van der Waals surface area contributed by atoms with E-state index in [1.807, 2.05) is 17.7 Å². The van der Waals surface area contributed by atoms with Crippen molar-refractivity contribution in [2.24, 2.45) is 0 Å². The molecule has 2 atom stereocenters. The number of fused-ring (bicyclic) bond motifs is 1. The molecule has 2 aromatic carbocycles. The summed E-state index contributed by atoms with van der Waals surface area (Å²) in [6.45, 7) is 4.05. The predicted octanol–water partition coefficient (Wildman–Crippen LogP) is 7.85. The van der Waals surface area contributed by atoms with Gasteiger partial charge in [0, 0.05) is 11.6 Å². The molecule has 0 saturated carbocycles. The van der Waals surface area contributed by atoms with Crippen molar-refractivity contribution in [3.8, 4) is 0 Å². The average molecular weight is 476 g/mol. The lowest BCUT2D eigenvalue weighted by Crippen LogP contribution is -2.12. The second kappa shape index (κ2) is 10.2. The minimum atomic E-state index is -0.621. The quantitative estimate of drug-likeness (QED) is 0.341. The fraction of sp³-hybridized carbons (Fsp3) is 0.333. The molecule has 1 heterocycles. The highest BCUT2D eigenvalue weighted by Crippen LogP contribution is 2.37. The van der Waals surface area contributed by atoms with E-state index in [9.17, 15) is 0 Å². The van der Waals surface area contributed by atoms with Crippen molar-refractivity contribution in [3.05, 3.63) is 69.4 Å². The number of thiazole rings is 1. The Bertz CT molecular complexity index is 1080. The van der Waals surface area contributed by atoms with E-state index in [0.717, 1.165) is 18.0 Å². The fourth-order valence-corrected chi connectivity index (χ4v) is 6.35. The zero-order valence-corrected chi connectivity index (χ0v) is 20.1. The van der Waals surface area contributed by atoms with Gasteiger partial charge in [-0.1, -0.05) is 47.4 Å². The summed E-state index contributed by atoms with van der Waals surface area (Å²) in [5.74, 6) is -0.280. The van der Waals surface area contributed by atoms with Crippen molar-refractivity contribution in [2.45, 2.75) is 56.9 Å². The van der Waals surface area contributed by atoms with E-state index in [1.54, 1.807) is 12.3 Å². The van der Waals surface area contributed by atoms with Gasteiger partial charge in [0.25, 0.3) is 0 Å². The molecule has 0 radical (unpaired) electrons. The Balaban J connectivity index is 1.57. The molecule has 0 aliphatic heterocycles. The summed E-state index contributed by atoms with van der Waals surface area (Å²) in [4.78, 5) is 4.78. The van der Waals surface area contributed by atoms with Gasteiger partial charge in [-0.15, -0.1) is 11.3 Å². The van der Waals surface area contributed by atoms with Crippen LogP contribution in [0.4, 0.5) is 15.2 Å². The summed E-state index contributed by atoms with van der Waals surface area (Å²) in [6.07, 6.45) is 7.46. The summed E-state index contributed by atoms with van der Waals surface area (Å²) in [6, 6.07) is 10.1. The number of rotatable bonds is 7. The Kier molecular flexibility index (Phi) is 7.31. The van der Waals surface area contributed by atoms with Gasteiger partial charge in [-0.05, 0) is 73.2 Å². The molecule has 3 nitrogen and oxygen atoms in total. The number of nitrogens with one attached hydrogen (secondary N) is 2. The van der Waals surface area contributed by atoms with E-state index in [4.69, 9.17) is 11.6 Å². The Morgan fingerprint density at radius 3 is 2.74 bits per heavy atom. The lowest BCUT2D eigenvalue weighted by atomic mass is 9.88. The summed E-state index contributed by atoms with van der Waals surface area (Å²) < 4.78 is 18.4. The van der Waals surface area contributed by atoms with Gasteiger partial charge < -0.3 is 10.0 Å². The predicted molar refractivity (Wildman–Crippen MR) is 134 cm³/mol. The number of hydrogen-bond acceptors (Lipinski definition) is 4. The van der Waals surface area contributed by atoms with Crippen molar-refractivity contribution < 1.29 is 4.39 Å². The monoisotopic (exact) mass is 475 g/mol. The molecule has 0 fully saturated rings. The molecule has 1 aliphatic carbocycles. The molecule has 3 aromatic rings. The first kappa shape index (κ1) is 22.3. The van der Waals surface area contributed by atoms with Gasteiger partial charge in [0.2, 0.25) is 0 Å². The highest BCUT2D eigenvalue weighted by atomic mass is 35.5. The number of hydrogen-bond donors (Lipinski definition) is 2. The van der Waals surface area contributed by atoms with Crippen LogP contribution in [0.25, 0.3) is 0 Å². The van der Waals surface area contributed by atoms with Crippen LogP contribution in [-0.2, 0) is 12.8 Å². The van der Waals surface area contributed by atoms with E-state index in [-0.39, 0.29) is 11.9 Å².